The highest BCUT2D eigenvalue weighted by molar-refractivity contribution is 7.91. The molecule has 1 N–H and O–H groups in total. The van der Waals surface area contributed by atoms with Crippen molar-refractivity contribution in [1.82, 2.24) is 9.78 Å². The minimum absolute atomic E-state index is 0.0963. The van der Waals surface area contributed by atoms with E-state index in [4.69, 9.17) is 23.2 Å². The first-order valence-corrected chi connectivity index (χ1v) is 10.7. The number of rotatable bonds is 6. The minimum atomic E-state index is -3.55. The summed E-state index contributed by atoms with van der Waals surface area (Å²) in [5, 5.41) is 5.56. The van der Waals surface area contributed by atoms with Gasteiger partial charge in [0.2, 0.25) is 10.0 Å². The highest BCUT2D eigenvalue weighted by Gasteiger charge is 2.19. The fourth-order valence-corrected chi connectivity index (χ4v) is 4.57. The summed E-state index contributed by atoms with van der Waals surface area (Å²) in [4.78, 5) is 0. The monoisotopic (exact) mass is 423 g/mol. The van der Waals surface area contributed by atoms with E-state index in [9.17, 15) is 8.42 Å². The van der Waals surface area contributed by atoms with Crippen molar-refractivity contribution in [3.8, 4) is 0 Å². The number of benzene rings is 2. The van der Waals surface area contributed by atoms with Crippen LogP contribution in [-0.2, 0) is 22.3 Å². The van der Waals surface area contributed by atoms with Crippen LogP contribution in [0.4, 0.5) is 5.69 Å². The number of nitrogens with one attached hydrogen (secondary N) is 1. The van der Waals surface area contributed by atoms with E-state index in [1.807, 2.05) is 31.2 Å². The molecule has 142 valence electrons. The molecule has 5 nitrogen and oxygen atoms in total. The van der Waals surface area contributed by atoms with E-state index in [-0.39, 0.29) is 5.75 Å². The van der Waals surface area contributed by atoms with E-state index < -0.39 is 10.0 Å². The van der Waals surface area contributed by atoms with Crippen LogP contribution in [0, 0.1) is 13.8 Å². The summed E-state index contributed by atoms with van der Waals surface area (Å²) in [6.45, 7) is 4.01. The van der Waals surface area contributed by atoms with Crippen LogP contribution in [-0.4, -0.2) is 18.2 Å². The van der Waals surface area contributed by atoms with Gasteiger partial charge in [-0.3, -0.25) is 9.40 Å². The Balaban J connectivity index is 1.83. The highest BCUT2D eigenvalue weighted by Crippen LogP contribution is 2.26. The predicted molar refractivity (Wildman–Crippen MR) is 110 cm³/mol. The molecule has 2 aromatic carbocycles. The number of anilines is 1. The molecular formula is C19H19Cl2N3O2S. The third-order valence-electron chi connectivity index (χ3n) is 4.17. The first-order chi connectivity index (χ1) is 12.7. The second-order valence-corrected chi connectivity index (χ2v) is 8.85. The number of sulfonamides is 1. The van der Waals surface area contributed by atoms with Crippen molar-refractivity contribution in [3.05, 3.63) is 81.1 Å². The number of aryl methyl sites for hydroxylation is 1. The van der Waals surface area contributed by atoms with Crippen molar-refractivity contribution in [2.75, 3.05) is 4.72 Å². The molecule has 0 unspecified atom stereocenters. The Hall–Kier alpha value is -2.02. The van der Waals surface area contributed by atoms with Crippen LogP contribution in [0.2, 0.25) is 10.0 Å². The largest absolute Gasteiger partial charge is 0.280 e. The Labute approximate surface area is 169 Å². The molecule has 3 rings (SSSR count). The SMILES string of the molecule is Cc1nn(Cc2ccc(Cl)cc2Cl)c(C)c1NS(=O)(=O)Cc1ccccc1. The van der Waals surface area contributed by atoms with Crippen molar-refractivity contribution >= 4 is 38.9 Å². The molecule has 0 aliphatic rings. The number of hydrogen-bond donors (Lipinski definition) is 1. The van der Waals surface area contributed by atoms with Gasteiger partial charge in [-0.15, -0.1) is 0 Å². The van der Waals surface area contributed by atoms with Gasteiger partial charge in [0, 0.05) is 10.0 Å². The third kappa shape index (κ3) is 4.83. The predicted octanol–water partition coefficient (Wildman–Crippen LogP) is 4.80. The van der Waals surface area contributed by atoms with Gasteiger partial charge in [-0.05, 0) is 37.1 Å². The van der Waals surface area contributed by atoms with Gasteiger partial charge in [-0.25, -0.2) is 8.42 Å². The summed E-state index contributed by atoms with van der Waals surface area (Å²) in [7, 11) is -3.55. The lowest BCUT2D eigenvalue weighted by Crippen LogP contribution is -2.16. The Morgan fingerprint density at radius 2 is 1.78 bits per heavy atom. The van der Waals surface area contributed by atoms with Crippen LogP contribution in [0.1, 0.15) is 22.5 Å². The summed E-state index contributed by atoms with van der Waals surface area (Å²) >= 11 is 12.2. The second kappa shape index (κ2) is 7.92. The summed E-state index contributed by atoms with van der Waals surface area (Å²) < 4.78 is 29.5. The zero-order valence-corrected chi connectivity index (χ0v) is 17.2. The summed E-state index contributed by atoms with van der Waals surface area (Å²) in [5.74, 6) is -0.0963. The van der Waals surface area contributed by atoms with Crippen LogP contribution < -0.4 is 4.72 Å². The Kier molecular flexibility index (Phi) is 5.79. The molecule has 1 heterocycles. The van der Waals surface area contributed by atoms with Gasteiger partial charge in [0.25, 0.3) is 0 Å². The third-order valence-corrected chi connectivity index (χ3v) is 5.99. The molecule has 0 radical (unpaired) electrons. The van der Waals surface area contributed by atoms with Crippen molar-refractivity contribution in [2.45, 2.75) is 26.1 Å². The standard InChI is InChI=1S/C19H19Cl2N3O2S/c1-13-19(23-27(25,26)12-15-6-4-3-5-7-15)14(2)24(22-13)11-16-8-9-17(20)10-18(16)21/h3-10,23H,11-12H2,1-2H3. The van der Waals surface area contributed by atoms with Crippen LogP contribution in [0.3, 0.4) is 0 Å². The molecule has 0 amide bonds. The maximum absolute atomic E-state index is 12.5. The van der Waals surface area contributed by atoms with E-state index in [2.05, 4.69) is 9.82 Å². The lowest BCUT2D eigenvalue weighted by molar-refractivity contribution is 0.600. The number of aromatic nitrogens is 2. The maximum atomic E-state index is 12.5. The molecule has 1 aromatic heterocycles. The lowest BCUT2D eigenvalue weighted by atomic mass is 10.2. The second-order valence-electron chi connectivity index (χ2n) is 6.29. The summed E-state index contributed by atoms with van der Waals surface area (Å²) in [6, 6.07) is 14.3. The van der Waals surface area contributed by atoms with E-state index in [1.165, 1.54) is 0 Å². The van der Waals surface area contributed by atoms with Crippen LogP contribution in [0.5, 0.6) is 0 Å². The van der Waals surface area contributed by atoms with Crippen LogP contribution in [0.25, 0.3) is 0 Å². The number of nitrogens with zero attached hydrogens (tertiary/aromatic N) is 2. The number of halogens is 2. The van der Waals surface area contributed by atoms with Crippen molar-refractivity contribution < 1.29 is 8.42 Å². The average Bonchev–Trinajstić information content (AvgIpc) is 2.85. The molecule has 27 heavy (non-hydrogen) atoms. The zero-order valence-electron chi connectivity index (χ0n) is 14.9. The summed E-state index contributed by atoms with van der Waals surface area (Å²) in [6.07, 6.45) is 0. The molecule has 3 aromatic rings. The van der Waals surface area contributed by atoms with Gasteiger partial charge in [-0.2, -0.15) is 5.10 Å². The van der Waals surface area contributed by atoms with Crippen molar-refractivity contribution in [1.29, 1.82) is 0 Å². The first-order valence-electron chi connectivity index (χ1n) is 8.27. The molecule has 0 spiro atoms. The van der Waals surface area contributed by atoms with E-state index in [1.54, 1.807) is 35.9 Å². The molecule has 0 atom stereocenters. The van der Waals surface area contributed by atoms with Gasteiger partial charge in [0.15, 0.2) is 0 Å². The number of hydrogen-bond acceptors (Lipinski definition) is 3. The molecule has 0 fully saturated rings. The van der Waals surface area contributed by atoms with Gasteiger partial charge in [-0.1, -0.05) is 59.6 Å². The molecule has 0 bridgehead atoms. The van der Waals surface area contributed by atoms with E-state index >= 15 is 0 Å². The molecular weight excluding hydrogens is 405 g/mol. The fourth-order valence-electron chi connectivity index (χ4n) is 2.80. The summed E-state index contributed by atoms with van der Waals surface area (Å²) in [5.41, 5.74) is 3.39. The fraction of sp³-hybridized carbons (Fsp3) is 0.211. The molecule has 0 saturated heterocycles. The van der Waals surface area contributed by atoms with E-state index in [0.29, 0.717) is 28.0 Å². The quantitative estimate of drug-likeness (QED) is 0.619. The first kappa shape index (κ1) is 19.7. The highest BCUT2D eigenvalue weighted by atomic mass is 35.5. The van der Waals surface area contributed by atoms with Gasteiger partial charge in [0.05, 0.1) is 29.4 Å². The normalized spacial score (nSPS) is 11.6. The smallest absolute Gasteiger partial charge is 0.237 e. The Morgan fingerprint density at radius 3 is 2.44 bits per heavy atom. The molecule has 0 aliphatic heterocycles. The Morgan fingerprint density at radius 1 is 1.07 bits per heavy atom. The zero-order chi connectivity index (χ0) is 19.6. The molecule has 0 aliphatic carbocycles. The maximum Gasteiger partial charge on any atom is 0.237 e. The van der Waals surface area contributed by atoms with Gasteiger partial charge in [0.1, 0.15) is 0 Å². The van der Waals surface area contributed by atoms with Crippen molar-refractivity contribution in [3.63, 3.8) is 0 Å². The van der Waals surface area contributed by atoms with Gasteiger partial charge >= 0.3 is 0 Å². The van der Waals surface area contributed by atoms with Gasteiger partial charge < -0.3 is 0 Å². The van der Waals surface area contributed by atoms with Crippen molar-refractivity contribution in [2.24, 2.45) is 0 Å². The van der Waals surface area contributed by atoms with Crippen LogP contribution in [0.15, 0.2) is 48.5 Å². The van der Waals surface area contributed by atoms with E-state index in [0.717, 1.165) is 16.8 Å². The van der Waals surface area contributed by atoms with Crippen LogP contribution >= 0.6 is 23.2 Å². The topological polar surface area (TPSA) is 64.0 Å². The Bertz CT molecular complexity index is 1060. The average molecular weight is 424 g/mol. The lowest BCUT2D eigenvalue weighted by Gasteiger charge is -2.10. The molecule has 8 heteroatoms. The minimum Gasteiger partial charge on any atom is -0.280 e. The molecule has 0 saturated carbocycles.